The Bertz CT molecular complexity index is 883. The number of nitrogens with zero attached hydrogens (tertiary/aromatic N) is 3. The summed E-state index contributed by atoms with van der Waals surface area (Å²) in [6.45, 7) is 6.27. The van der Waals surface area contributed by atoms with Crippen LogP contribution in [0.1, 0.15) is 56.1 Å². The SMILES string of the molecule is Cc1ccc(CCCCC(=O)NC(c2nnc3ccccn23)C(C)C)cc1. The maximum absolute atomic E-state index is 12.5. The minimum atomic E-state index is -0.146. The van der Waals surface area contributed by atoms with Gasteiger partial charge in [0.2, 0.25) is 5.91 Å². The van der Waals surface area contributed by atoms with Crippen molar-refractivity contribution < 1.29 is 4.79 Å². The molecule has 27 heavy (non-hydrogen) atoms. The fourth-order valence-corrected chi connectivity index (χ4v) is 3.22. The van der Waals surface area contributed by atoms with E-state index in [4.69, 9.17) is 0 Å². The summed E-state index contributed by atoms with van der Waals surface area (Å²) in [5, 5.41) is 11.7. The van der Waals surface area contributed by atoms with Crippen molar-refractivity contribution in [1.82, 2.24) is 19.9 Å². The Labute approximate surface area is 160 Å². The smallest absolute Gasteiger partial charge is 0.220 e. The van der Waals surface area contributed by atoms with Crippen molar-refractivity contribution in [3.05, 3.63) is 65.6 Å². The first-order chi connectivity index (χ1) is 13.0. The molecule has 2 aromatic heterocycles. The van der Waals surface area contributed by atoms with E-state index in [2.05, 4.69) is 60.6 Å². The summed E-state index contributed by atoms with van der Waals surface area (Å²) in [6, 6.07) is 14.3. The first kappa shape index (κ1) is 19.1. The number of aryl methyl sites for hydroxylation is 2. The Balaban J connectivity index is 1.54. The second kappa shape index (κ2) is 8.80. The molecule has 5 nitrogen and oxygen atoms in total. The van der Waals surface area contributed by atoms with Gasteiger partial charge in [-0.3, -0.25) is 9.20 Å². The van der Waals surface area contributed by atoms with E-state index in [0.29, 0.717) is 6.42 Å². The third-order valence-electron chi connectivity index (χ3n) is 4.84. The van der Waals surface area contributed by atoms with Crippen molar-refractivity contribution in [1.29, 1.82) is 0 Å². The Morgan fingerprint density at radius 1 is 1.07 bits per heavy atom. The van der Waals surface area contributed by atoms with Crippen molar-refractivity contribution in [2.24, 2.45) is 5.92 Å². The van der Waals surface area contributed by atoms with Gasteiger partial charge in [-0.25, -0.2) is 0 Å². The first-order valence-electron chi connectivity index (χ1n) is 9.69. The van der Waals surface area contributed by atoms with Gasteiger partial charge < -0.3 is 5.32 Å². The molecular formula is C22H28N4O. The molecule has 0 saturated carbocycles. The fourth-order valence-electron chi connectivity index (χ4n) is 3.22. The van der Waals surface area contributed by atoms with E-state index in [1.54, 1.807) is 0 Å². The fraction of sp³-hybridized carbons (Fsp3) is 0.409. The minimum Gasteiger partial charge on any atom is -0.346 e. The van der Waals surface area contributed by atoms with Crippen LogP contribution in [0.2, 0.25) is 0 Å². The molecule has 0 spiro atoms. The van der Waals surface area contributed by atoms with E-state index in [1.807, 2.05) is 28.8 Å². The number of hydrogen-bond acceptors (Lipinski definition) is 3. The second-order valence-corrected chi connectivity index (χ2v) is 7.47. The monoisotopic (exact) mass is 364 g/mol. The van der Waals surface area contributed by atoms with Gasteiger partial charge in [0, 0.05) is 12.6 Å². The zero-order chi connectivity index (χ0) is 19.2. The van der Waals surface area contributed by atoms with Crippen molar-refractivity contribution in [2.45, 2.75) is 52.5 Å². The van der Waals surface area contributed by atoms with Crippen LogP contribution in [-0.2, 0) is 11.2 Å². The molecule has 0 fully saturated rings. The van der Waals surface area contributed by atoms with Crippen LogP contribution in [0.4, 0.5) is 0 Å². The van der Waals surface area contributed by atoms with Crippen LogP contribution in [0.15, 0.2) is 48.7 Å². The van der Waals surface area contributed by atoms with Crippen molar-refractivity contribution in [2.75, 3.05) is 0 Å². The summed E-state index contributed by atoms with van der Waals surface area (Å²) in [7, 11) is 0. The molecule has 1 amide bonds. The number of fused-ring (bicyclic) bond motifs is 1. The summed E-state index contributed by atoms with van der Waals surface area (Å²) in [5.74, 6) is 1.09. The normalized spacial score (nSPS) is 12.4. The molecule has 1 N–H and O–H groups in total. The Morgan fingerprint density at radius 2 is 1.85 bits per heavy atom. The van der Waals surface area contributed by atoms with Crippen LogP contribution >= 0.6 is 0 Å². The van der Waals surface area contributed by atoms with Gasteiger partial charge in [0.05, 0.1) is 6.04 Å². The van der Waals surface area contributed by atoms with Gasteiger partial charge in [-0.1, -0.05) is 49.7 Å². The zero-order valence-corrected chi connectivity index (χ0v) is 16.4. The third kappa shape index (κ3) is 4.94. The molecular weight excluding hydrogens is 336 g/mol. The molecule has 1 atom stereocenters. The number of amides is 1. The lowest BCUT2D eigenvalue weighted by Gasteiger charge is -2.21. The molecule has 1 aromatic carbocycles. The van der Waals surface area contributed by atoms with Crippen molar-refractivity contribution >= 4 is 11.6 Å². The predicted octanol–water partition coefficient (Wildman–Crippen LogP) is 4.26. The highest BCUT2D eigenvalue weighted by atomic mass is 16.1. The van der Waals surface area contributed by atoms with Crippen molar-refractivity contribution in [3.63, 3.8) is 0 Å². The average Bonchev–Trinajstić information content (AvgIpc) is 3.08. The molecule has 0 radical (unpaired) electrons. The summed E-state index contributed by atoms with van der Waals surface area (Å²) in [4.78, 5) is 12.5. The second-order valence-electron chi connectivity index (χ2n) is 7.47. The van der Waals surface area contributed by atoms with E-state index in [-0.39, 0.29) is 17.9 Å². The molecule has 1 unspecified atom stereocenters. The van der Waals surface area contributed by atoms with Gasteiger partial charge in [0.25, 0.3) is 0 Å². The lowest BCUT2D eigenvalue weighted by Crippen LogP contribution is -2.33. The van der Waals surface area contributed by atoms with Gasteiger partial charge in [-0.05, 0) is 49.8 Å². The standard InChI is InChI=1S/C22H28N4O/c1-16(2)21(22-25-24-19-9-6-7-15-26(19)22)23-20(27)10-5-4-8-18-13-11-17(3)12-14-18/h6-7,9,11-16,21H,4-5,8,10H2,1-3H3,(H,23,27). The van der Waals surface area contributed by atoms with Gasteiger partial charge in [-0.15, -0.1) is 10.2 Å². The lowest BCUT2D eigenvalue weighted by molar-refractivity contribution is -0.122. The maximum atomic E-state index is 12.5. The molecule has 5 heteroatoms. The number of hydrogen-bond donors (Lipinski definition) is 1. The number of pyridine rings is 1. The Kier molecular flexibility index (Phi) is 6.22. The molecule has 0 aliphatic carbocycles. The van der Waals surface area contributed by atoms with E-state index >= 15 is 0 Å². The van der Waals surface area contributed by atoms with Crippen LogP contribution < -0.4 is 5.32 Å². The van der Waals surface area contributed by atoms with Gasteiger partial charge in [0.1, 0.15) is 0 Å². The molecule has 0 aliphatic heterocycles. The van der Waals surface area contributed by atoms with Crippen LogP contribution in [0.25, 0.3) is 5.65 Å². The van der Waals surface area contributed by atoms with Crippen molar-refractivity contribution in [3.8, 4) is 0 Å². The lowest BCUT2D eigenvalue weighted by atomic mass is 10.0. The summed E-state index contributed by atoms with van der Waals surface area (Å²) >= 11 is 0. The van der Waals surface area contributed by atoms with Gasteiger partial charge in [0.15, 0.2) is 11.5 Å². The average molecular weight is 364 g/mol. The van der Waals surface area contributed by atoms with E-state index < -0.39 is 0 Å². The van der Waals surface area contributed by atoms with E-state index in [0.717, 1.165) is 30.7 Å². The maximum Gasteiger partial charge on any atom is 0.220 e. The number of unbranched alkanes of at least 4 members (excludes halogenated alkanes) is 1. The quantitative estimate of drug-likeness (QED) is 0.608. The van der Waals surface area contributed by atoms with E-state index in [1.165, 1.54) is 11.1 Å². The molecule has 3 aromatic rings. The van der Waals surface area contributed by atoms with E-state index in [9.17, 15) is 4.79 Å². The minimum absolute atomic E-state index is 0.0743. The first-order valence-corrected chi connectivity index (χ1v) is 9.69. The van der Waals surface area contributed by atoms with Crippen LogP contribution in [0.5, 0.6) is 0 Å². The number of carbonyl (C=O) groups is 1. The Hall–Kier alpha value is -2.69. The zero-order valence-electron chi connectivity index (χ0n) is 16.4. The number of aromatic nitrogens is 3. The molecule has 3 rings (SSSR count). The number of carbonyl (C=O) groups excluding carboxylic acids is 1. The molecule has 142 valence electrons. The number of rotatable bonds is 8. The Morgan fingerprint density at radius 3 is 2.59 bits per heavy atom. The predicted molar refractivity (Wildman–Crippen MR) is 107 cm³/mol. The molecule has 0 aliphatic rings. The molecule has 2 heterocycles. The number of nitrogens with one attached hydrogen (secondary N) is 1. The molecule has 0 bridgehead atoms. The van der Waals surface area contributed by atoms with Crippen LogP contribution in [0, 0.1) is 12.8 Å². The van der Waals surface area contributed by atoms with Crippen LogP contribution in [0.3, 0.4) is 0 Å². The summed E-state index contributed by atoms with van der Waals surface area (Å²) in [6.07, 6.45) is 5.37. The molecule has 0 saturated heterocycles. The topological polar surface area (TPSA) is 59.3 Å². The number of benzene rings is 1. The van der Waals surface area contributed by atoms with Gasteiger partial charge >= 0.3 is 0 Å². The summed E-state index contributed by atoms with van der Waals surface area (Å²) < 4.78 is 1.95. The highest BCUT2D eigenvalue weighted by Gasteiger charge is 2.23. The van der Waals surface area contributed by atoms with Crippen LogP contribution in [-0.4, -0.2) is 20.5 Å². The third-order valence-corrected chi connectivity index (χ3v) is 4.84. The largest absolute Gasteiger partial charge is 0.346 e. The van der Waals surface area contributed by atoms with Gasteiger partial charge in [-0.2, -0.15) is 0 Å². The highest BCUT2D eigenvalue weighted by Crippen LogP contribution is 2.21. The highest BCUT2D eigenvalue weighted by molar-refractivity contribution is 5.76. The summed E-state index contributed by atoms with van der Waals surface area (Å²) in [5.41, 5.74) is 3.40.